The van der Waals surface area contributed by atoms with Crippen LogP contribution in [0.1, 0.15) is 30.1 Å². The van der Waals surface area contributed by atoms with Crippen molar-refractivity contribution >= 4 is 49.4 Å². The number of aryl methyl sites for hydroxylation is 1. The van der Waals surface area contributed by atoms with Crippen LogP contribution >= 0.6 is 11.3 Å². The van der Waals surface area contributed by atoms with E-state index >= 15 is 0 Å². The average molecular weight is 509 g/mol. The van der Waals surface area contributed by atoms with E-state index in [1.807, 2.05) is 6.07 Å². The zero-order valence-corrected chi connectivity index (χ0v) is 19.7. The lowest BCUT2D eigenvalue weighted by Crippen LogP contribution is -2.16. The highest BCUT2D eigenvalue weighted by Crippen LogP contribution is 2.33. The molecule has 0 bridgehead atoms. The first-order valence-electron chi connectivity index (χ1n) is 10.8. The lowest BCUT2D eigenvalue weighted by molar-refractivity contribution is -0.274. The smallest absolute Gasteiger partial charge is 0.406 e. The number of nitrogens with one attached hydrogen (secondary N) is 1. The maximum atomic E-state index is 12.6. The van der Waals surface area contributed by atoms with E-state index in [1.54, 1.807) is 30.7 Å². The zero-order valence-electron chi connectivity index (χ0n) is 18.9. The Morgan fingerprint density at radius 2 is 2.00 bits per heavy atom. The van der Waals surface area contributed by atoms with Crippen molar-refractivity contribution in [1.29, 1.82) is 0 Å². The number of anilines is 2. The maximum absolute atomic E-state index is 12.6. The number of imidazole rings is 1. The van der Waals surface area contributed by atoms with E-state index in [4.69, 9.17) is 9.84 Å². The predicted octanol–water partition coefficient (Wildman–Crippen LogP) is 5.19. The Morgan fingerprint density at radius 1 is 1.20 bits per heavy atom. The molecule has 0 radical (unpaired) electrons. The third-order valence-electron chi connectivity index (χ3n) is 5.22. The van der Waals surface area contributed by atoms with Crippen molar-refractivity contribution in [2.75, 3.05) is 18.5 Å². The standard InChI is InChI=1S/C23H23F3N4O4S/c1-13(12-31)33-9-3-4-19(32)14-5-8-18-17(10-14)27-21(30(18)2)29-22-28-16-7-6-15(11-20(16)35-22)34-23(24,25)26/h5-8,10-11,13,31H,3-4,9,12H2,1-2H3,(H,27,28,29)/t13-/m1/s1. The Morgan fingerprint density at radius 3 is 2.74 bits per heavy atom. The monoisotopic (exact) mass is 508 g/mol. The molecule has 0 aliphatic heterocycles. The van der Waals surface area contributed by atoms with Crippen LogP contribution in [0.15, 0.2) is 36.4 Å². The van der Waals surface area contributed by atoms with Gasteiger partial charge in [0.2, 0.25) is 5.95 Å². The fourth-order valence-electron chi connectivity index (χ4n) is 3.45. The average Bonchev–Trinajstić information content (AvgIpc) is 3.34. The molecule has 186 valence electrons. The van der Waals surface area contributed by atoms with E-state index in [0.717, 1.165) is 5.52 Å². The number of aromatic nitrogens is 3. The number of thiazole rings is 1. The second kappa shape index (κ2) is 10.2. The molecule has 2 aromatic heterocycles. The molecule has 12 heteroatoms. The van der Waals surface area contributed by atoms with Gasteiger partial charge < -0.3 is 24.5 Å². The van der Waals surface area contributed by atoms with Gasteiger partial charge in [-0.15, -0.1) is 13.2 Å². The van der Waals surface area contributed by atoms with Crippen molar-refractivity contribution in [2.24, 2.45) is 7.05 Å². The number of aliphatic hydroxyl groups is 1. The van der Waals surface area contributed by atoms with Crippen molar-refractivity contribution < 1.29 is 32.5 Å². The van der Waals surface area contributed by atoms with E-state index in [9.17, 15) is 18.0 Å². The predicted molar refractivity (Wildman–Crippen MR) is 126 cm³/mol. The van der Waals surface area contributed by atoms with Crippen LogP contribution in [0.4, 0.5) is 24.3 Å². The van der Waals surface area contributed by atoms with Gasteiger partial charge in [-0.3, -0.25) is 4.79 Å². The summed E-state index contributed by atoms with van der Waals surface area (Å²) >= 11 is 1.17. The Hall–Kier alpha value is -3.22. The minimum Gasteiger partial charge on any atom is -0.406 e. The molecule has 2 heterocycles. The highest BCUT2D eigenvalue weighted by atomic mass is 32.1. The molecule has 4 aromatic rings. The lowest BCUT2D eigenvalue weighted by atomic mass is 10.1. The number of Topliss-reactive ketones (excluding diaryl/α,β-unsaturated/α-hetero) is 1. The fraction of sp³-hybridized carbons (Fsp3) is 0.348. The Kier molecular flexibility index (Phi) is 7.24. The number of hydrogen-bond donors (Lipinski definition) is 2. The number of rotatable bonds is 10. The van der Waals surface area contributed by atoms with E-state index in [0.29, 0.717) is 51.8 Å². The Bertz CT molecular complexity index is 1350. The summed E-state index contributed by atoms with van der Waals surface area (Å²) in [7, 11) is 1.81. The van der Waals surface area contributed by atoms with E-state index < -0.39 is 6.36 Å². The third-order valence-corrected chi connectivity index (χ3v) is 6.16. The van der Waals surface area contributed by atoms with Crippen molar-refractivity contribution in [1.82, 2.24) is 14.5 Å². The van der Waals surface area contributed by atoms with Gasteiger partial charge in [-0.1, -0.05) is 11.3 Å². The second-order valence-corrected chi connectivity index (χ2v) is 8.94. The summed E-state index contributed by atoms with van der Waals surface area (Å²) in [4.78, 5) is 21.5. The number of ketones is 1. The number of carbonyl (C=O) groups excluding carboxylic acids is 1. The third kappa shape index (κ3) is 6.08. The minimum absolute atomic E-state index is 0.0321. The van der Waals surface area contributed by atoms with Crippen molar-refractivity contribution in [3.05, 3.63) is 42.0 Å². The molecule has 0 amide bonds. The van der Waals surface area contributed by atoms with Crippen molar-refractivity contribution in [3.8, 4) is 5.75 Å². The summed E-state index contributed by atoms with van der Waals surface area (Å²) in [6.45, 7) is 2.08. The molecule has 0 fully saturated rings. The van der Waals surface area contributed by atoms with Crippen LogP contribution in [0.3, 0.4) is 0 Å². The first-order valence-corrected chi connectivity index (χ1v) is 11.6. The van der Waals surface area contributed by atoms with Crippen LogP contribution in [-0.4, -0.2) is 51.1 Å². The number of fused-ring (bicyclic) bond motifs is 2. The van der Waals surface area contributed by atoms with E-state index in [1.165, 1.54) is 29.5 Å². The molecule has 0 aliphatic rings. The van der Waals surface area contributed by atoms with Gasteiger partial charge in [0.05, 0.1) is 34.0 Å². The summed E-state index contributed by atoms with van der Waals surface area (Å²) in [6, 6.07) is 9.23. The molecule has 0 spiro atoms. The fourth-order valence-corrected chi connectivity index (χ4v) is 4.34. The summed E-state index contributed by atoms with van der Waals surface area (Å²) in [5.41, 5.74) is 2.48. The number of nitrogens with zero attached hydrogens (tertiary/aromatic N) is 3. The number of carbonyl (C=O) groups is 1. The van der Waals surface area contributed by atoms with E-state index in [2.05, 4.69) is 20.0 Å². The first kappa shape index (κ1) is 24.9. The molecule has 2 N–H and O–H groups in total. The summed E-state index contributed by atoms with van der Waals surface area (Å²) < 4.78 is 49.1. The van der Waals surface area contributed by atoms with Gasteiger partial charge in [0, 0.05) is 31.7 Å². The second-order valence-electron chi connectivity index (χ2n) is 7.91. The lowest BCUT2D eigenvalue weighted by Gasteiger charge is -2.09. The van der Waals surface area contributed by atoms with Gasteiger partial charge in [-0.25, -0.2) is 9.97 Å². The highest BCUT2D eigenvalue weighted by Gasteiger charge is 2.31. The Labute approximate surface area is 202 Å². The van der Waals surface area contributed by atoms with Crippen LogP contribution in [-0.2, 0) is 11.8 Å². The summed E-state index contributed by atoms with van der Waals surface area (Å²) in [5.74, 6) is 0.131. The van der Waals surface area contributed by atoms with E-state index in [-0.39, 0.29) is 24.2 Å². The van der Waals surface area contributed by atoms with Crippen LogP contribution in [0.25, 0.3) is 21.3 Å². The normalized spacial score (nSPS) is 12.9. The molecular formula is C23H23F3N4O4S. The van der Waals surface area contributed by atoms with Gasteiger partial charge in [0.15, 0.2) is 10.9 Å². The molecule has 35 heavy (non-hydrogen) atoms. The molecular weight excluding hydrogens is 485 g/mol. The Balaban J connectivity index is 1.47. The molecule has 8 nitrogen and oxygen atoms in total. The van der Waals surface area contributed by atoms with Gasteiger partial charge in [-0.2, -0.15) is 0 Å². The van der Waals surface area contributed by atoms with Crippen molar-refractivity contribution in [3.63, 3.8) is 0 Å². The first-order chi connectivity index (χ1) is 16.6. The number of aliphatic hydroxyl groups excluding tert-OH is 1. The minimum atomic E-state index is -4.76. The quantitative estimate of drug-likeness (QED) is 0.225. The molecule has 0 saturated carbocycles. The zero-order chi connectivity index (χ0) is 25.2. The molecule has 0 aliphatic carbocycles. The number of halogens is 3. The summed E-state index contributed by atoms with van der Waals surface area (Å²) in [5, 5.41) is 12.5. The van der Waals surface area contributed by atoms with Crippen molar-refractivity contribution in [2.45, 2.75) is 32.2 Å². The van der Waals surface area contributed by atoms with Crippen LogP contribution < -0.4 is 10.1 Å². The van der Waals surface area contributed by atoms with Gasteiger partial charge in [-0.05, 0) is 43.7 Å². The molecule has 0 saturated heterocycles. The van der Waals surface area contributed by atoms with Gasteiger partial charge >= 0.3 is 6.36 Å². The van der Waals surface area contributed by atoms with Crippen LogP contribution in [0, 0.1) is 0 Å². The van der Waals surface area contributed by atoms with Crippen LogP contribution in [0.5, 0.6) is 5.75 Å². The van der Waals surface area contributed by atoms with Crippen LogP contribution in [0.2, 0.25) is 0 Å². The van der Waals surface area contributed by atoms with Gasteiger partial charge in [0.1, 0.15) is 5.75 Å². The van der Waals surface area contributed by atoms with Gasteiger partial charge in [0.25, 0.3) is 0 Å². The molecule has 0 unspecified atom stereocenters. The number of benzene rings is 2. The molecule has 2 aromatic carbocycles. The molecule has 1 atom stereocenters. The number of ether oxygens (including phenoxy) is 2. The molecule has 4 rings (SSSR count). The topological polar surface area (TPSA) is 98.5 Å². The highest BCUT2D eigenvalue weighted by molar-refractivity contribution is 7.22. The maximum Gasteiger partial charge on any atom is 0.573 e. The SMILES string of the molecule is C[C@H](CO)OCCCC(=O)c1ccc2c(c1)nc(Nc1nc3ccc(OC(F)(F)F)cc3s1)n2C. The number of hydrogen-bond acceptors (Lipinski definition) is 8. The largest absolute Gasteiger partial charge is 0.573 e. The number of alkyl halides is 3. The summed E-state index contributed by atoms with van der Waals surface area (Å²) in [6.07, 6.45) is -4.16.